The Hall–Kier alpha value is -0.860. The minimum absolute atomic E-state index is 0.588. The maximum Gasteiger partial charge on any atom is 0.0992 e. The van der Waals surface area contributed by atoms with Gasteiger partial charge in [-0.05, 0) is 37.7 Å². The smallest absolute Gasteiger partial charge is 0.0992 e. The molecule has 0 bridgehead atoms. The third-order valence-corrected chi connectivity index (χ3v) is 4.25. The van der Waals surface area contributed by atoms with E-state index in [4.69, 9.17) is 0 Å². The van der Waals surface area contributed by atoms with Crippen molar-refractivity contribution in [1.29, 1.82) is 0 Å². The highest BCUT2D eigenvalue weighted by atomic mass is 16.3. The molecule has 2 nitrogen and oxygen atoms in total. The molecule has 1 aliphatic rings. The molecule has 2 N–H and O–H groups in total. The van der Waals surface area contributed by atoms with Gasteiger partial charge in [-0.15, -0.1) is 0 Å². The molecule has 1 fully saturated rings. The van der Waals surface area contributed by atoms with Crippen LogP contribution in [0.3, 0.4) is 0 Å². The van der Waals surface area contributed by atoms with E-state index in [1.807, 2.05) is 37.3 Å². The molecule has 0 radical (unpaired) electrons. The van der Waals surface area contributed by atoms with Crippen molar-refractivity contribution in [3.05, 3.63) is 35.9 Å². The predicted octanol–water partition coefficient (Wildman–Crippen LogP) is 3.06. The Morgan fingerprint density at radius 2 is 2.00 bits per heavy atom. The Bertz CT molecular complexity index is 361. The van der Waals surface area contributed by atoms with Gasteiger partial charge in [0.2, 0.25) is 0 Å². The monoisotopic (exact) mass is 247 g/mol. The van der Waals surface area contributed by atoms with Crippen LogP contribution in [0.4, 0.5) is 0 Å². The maximum absolute atomic E-state index is 10.5. The molecule has 0 amide bonds. The molecule has 0 saturated heterocycles. The molecule has 1 aromatic carbocycles. The third-order valence-electron chi connectivity index (χ3n) is 4.25. The molecule has 0 spiro atoms. The van der Waals surface area contributed by atoms with Crippen molar-refractivity contribution in [1.82, 2.24) is 5.32 Å². The highest BCUT2D eigenvalue weighted by Crippen LogP contribution is 2.28. The van der Waals surface area contributed by atoms with E-state index >= 15 is 0 Å². The first-order valence-corrected chi connectivity index (χ1v) is 7.13. The Balaban J connectivity index is 1.86. The second-order valence-electron chi connectivity index (χ2n) is 5.81. The lowest BCUT2D eigenvalue weighted by Gasteiger charge is -2.26. The van der Waals surface area contributed by atoms with Gasteiger partial charge in [-0.25, -0.2) is 0 Å². The summed E-state index contributed by atoms with van der Waals surface area (Å²) in [4.78, 5) is 0. The number of nitrogens with one attached hydrogen (secondary N) is 1. The molecular weight excluding hydrogens is 222 g/mol. The topological polar surface area (TPSA) is 32.3 Å². The summed E-state index contributed by atoms with van der Waals surface area (Å²) in [7, 11) is 0. The summed E-state index contributed by atoms with van der Waals surface area (Å²) in [5.74, 6) is 0.879. The van der Waals surface area contributed by atoms with Crippen LogP contribution in [0.25, 0.3) is 0 Å². The van der Waals surface area contributed by atoms with Gasteiger partial charge in [0.15, 0.2) is 0 Å². The van der Waals surface area contributed by atoms with Crippen molar-refractivity contribution >= 4 is 0 Å². The Morgan fingerprint density at radius 1 is 1.28 bits per heavy atom. The lowest BCUT2D eigenvalue weighted by atomic mass is 9.95. The first-order chi connectivity index (χ1) is 8.62. The lowest BCUT2D eigenvalue weighted by Crippen LogP contribution is -2.39. The molecule has 0 aliphatic heterocycles. The van der Waals surface area contributed by atoms with Gasteiger partial charge in [-0.2, -0.15) is 0 Å². The predicted molar refractivity (Wildman–Crippen MR) is 75.4 cm³/mol. The summed E-state index contributed by atoms with van der Waals surface area (Å²) in [6.45, 7) is 4.80. The van der Waals surface area contributed by atoms with Crippen molar-refractivity contribution in [2.45, 2.75) is 51.2 Å². The summed E-state index contributed by atoms with van der Waals surface area (Å²) in [6.07, 6.45) is 5.14. The minimum atomic E-state index is -0.772. The maximum atomic E-state index is 10.5. The first kappa shape index (κ1) is 13.6. The van der Waals surface area contributed by atoms with E-state index in [9.17, 15) is 5.11 Å². The average Bonchev–Trinajstić information content (AvgIpc) is 2.86. The van der Waals surface area contributed by atoms with E-state index < -0.39 is 5.60 Å². The number of benzene rings is 1. The Kier molecular flexibility index (Phi) is 4.41. The van der Waals surface area contributed by atoms with Crippen molar-refractivity contribution in [2.24, 2.45) is 5.92 Å². The van der Waals surface area contributed by atoms with Gasteiger partial charge in [0.05, 0.1) is 5.60 Å². The first-order valence-electron chi connectivity index (χ1n) is 7.13. The van der Waals surface area contributed by atoms with E-state index in [0.29, 0.717) is 12.6 Å². The molecule has 100 valence electrons. The Labute approximate surface area is 110 Å². The summed E-state index contributed by atoms with van der Waals surface area (Å²) in [5.41, 5.74) is 0.216. The van der Waals surface area contributed by atoms with Crippen LogP contribution in [-0.2, 0) is 5.60 Å². The van der Waals surface area contributed by atoms with Crippen LogP contribution in [0.5, 0.6) is 0 Å². The van der Waals surface area contributed by atoms with Crippen molar-refractivity contribution in [2.75, 3.05) is 6.54 Å². The van der Waals surface area contributed by atoms with E-state index in [1.165, 1.54) is 25.7 Å². The van der Waals surface area contributed by atoms with Crippen molar-refractivity contribution in [3.63, 3.8) is 0 Å². The third kappa shape index (κ3) is 3.33. The minimum Gasteiger partial charge on any atom is -0.384 e. The van der Waals surface area contributed by atoms with E-state index in [1.54, 1.807) is 0 Å². The van der Waals surface area contributed by atoms with Crippen LogP contribution in [0.1, 0.15) is 45.1 Å². The van der Waals surface area contributed by atoms with Gasteiger partial charge in [0.1, 0.15) is 0 Å². The SMILES string of the molecule is CCC1CCC(NCC(C)(O)c2ccccc2)C1. The van der Waals surface area contributed by atoms with Crippen molar-refractivity contribution < 1.29 is 5.11 Å². The van der Waals surface area contributed by atoms with Crippen LogP contribution in [0.15, 0.2) is 30.3 Å². The van der Waals surface area contributed by atoms with Gasteiger partial charge >= 0.3 is 0 Å². The normalized spacial score (nSPS) is 27.1. The number of hydrogen-bond acceptors (Lipinski definition) is 2. The van der Waals surface area contributed by atoms with Gasteiger partial charge < -0.3 is 10.4 Å². The summed E-state index contributed by atoms with van der Waals surface area (Å²) < 4.78 is 0. The van der Waals surface area contributed by atoms with Crippen LogP contribution in [-0.4, -0.2) is 17.7 Å². The lowest BCUT2D eigenvalue weighted by molar-refractivity contribution is 0.0538. The fourth-order valence-corrected chi connectivity index (χ4v) is 2.87. The quantitative estimate of drug-likeness (QED) is 0.838. The summed E-state index contributed by atoms with van der Waals surface area (Å²) in [5, 5.41) is 14.0. The molecular formula is C16H25NO. The van der Waals surface area contributed by atoms with Gasteiger partial charge in [0, 0.05) is 12.6 Å². The highest BCUT2D eigenvalue weighted by Gasteiger charge is 2.27. The second kappa shape index (κ2) is 5.85. The molecule has 1 aliphatic carbocycles. The number of aliphatic hydroxyl groups is 1. The second-order valence-corrected chi connectivity index (χ2v) is 5.81. The molecule has 0 heterocycles. The van der Waals surface area contributed by atoms with E-state index in [-0.39, 0.29) is 0 Å². The summed E-state index contributed by atoms with van der Waals surface area (Å²) in [6, 6.07) is 10.5. The molecule has 3 atom stereocenters. The molecule has 2 heteroatoms. The zero-order valence-corrected chi connectivity index (χ0v) is 11.5. The zero-order chi connectivity index (χ0) is 13.0. The molecule has 2 rings (SSSR count). The average molecular weight is 247 g/mol. The molecule has 3 unspecified atom stereocenters. The van der Waals surface area contributed by atoms with Crippen molar-refractivity contribution in [3.8, 4) is 0 Å². The van der Waals surface area contributed by atoms with Crippen LogP contribution < -0.4 is 5.32 Å². The van der Waals surface area contributed by atoms with Gasteiger partial charge in [-0.1, -0.05) is 43.7 Å². The molecule has 0 aromatic heterocycles. The van der Waals surface area contributed by atoms with Gasteiger partial charge in [0.25, 0.3) is 0 Å². The molecule has 1 saturated carbocycles. The van der Waals surface area contributed by atoms with Gasteiger partial charge in [-0.3, -0.25) is 0 Å². The molecule has 1 aromatic rings. The number of rotatable bonds is 5. The van der Waals surface area contributed by atoms with E-state index in [0.717, 1.165) is 11.5 Å². The fraction of sp³-hybridized carbons (Fsp3) is 0.625. The molecule has 18 heavy (non-hydrogen) atoms. The Morgan fingerprint density at radius 3 is 2.61 bits per heavy atom. The van der Waals surface area contributed by atoms with Crippen LogP contribution in [0, 0.1) is 5.92 Å². The number of hydrogen-bond donors (Lipinski definition) is 2. The van der Waals surface area contributed by atoms with Crippen LogP contribution in [0.2, 0.25) is 0 Å². The standard InChI is InChI=1S/C16H25NO/c1-3-13-9-10-15(11-13)17-12-16(2,18)14-7-5-4-6-8-14/h4-8,13,15,17-18H,3,9-12H2,1-2H3. The zero-order valence-electron chi connectivity index (χ0n) is 11.5. The fourth-order valence-electron chi connectivity index (χ4n) is 2.87. The van der Waals surface area contributed by atoms with Crippen LogP contribution >= 0.6 is 0 Å². The highest BCUT2D eigenvalue weighted by molar-refractivity contribution is 5.21. The van der Waals surface area contributed by atoms with E-state index in [2.05, 4.69) is 12.2 Å². The largest absolute Gasteiger partial charge is 0.384 e. The summed E-state index contributed by atoms with van der Waals surface area (Å²) >= 11 is 0.